The zero-order chi connectivity index (χ0) is 13.8. The van der Waals surface area contributed by atoms with E-state index in [4.69, 9.17) is 0 Å². The second-order valence-electron chi connectivity index (χ2n) is 4.73. The Morgan fingerprint density at radius 1 is 1.58 bits per heavy atom. The van der Waals surface area contributed by atoms with E-state index in [0.29, 0.717) is 18.3 Å². The van der Waals surface area contributed by atoms with Gasteiger partial charge in [0.15, 0.2) is 0 Å². The maximum Gasteiger partial charge on any atom is 0.329 e. The zero-order valence-electron chi connectivity index (χ0n) is 11.3. The maximum atomic E-state index is 11.1. The van der Waals surface area contributed by atoms with Gasteiger partial charge in [0.25, 0.3) is 0 Å². The lowest BCUT2D eigenvalue weighted by atomic mass is 10.0. The van der Waals surface area contributed by atoms with Crippen LogP contribution in [0.5, 0.6) is 0 Å². The topological polar surface area (TPSA) is 84.2 Å². The van der Waals surface area contributed by atoms with Crippen molar-refractivity contribution < 1.29 is 4.92 Å². The lowest BCUT2D eigenvalue weighted by Gasteiger charge is -2.33. The van der Waals surface area contributed by atoms with E-state index in [1.54, 1.807) is 0 Å². The predicted octanol–water partition coefficient (Wildman–Crippen LogP) is 2.20. The quantitative estimate of drug-likeness (QED) is 0.663. The molecular formula is C12H19N5O2. The molecule has 7 heteroatoms. The summed E-state index contributed by atoms with van der Waals surface area (Å²) in [5, 5.41) is 14.1. The molecule has 19 heavy (non-hydrogen) atoms. The van der Waals surface area contributed by atoms with Crippen molar-refractivity contribution in [1.82, 2.24) is 9.97 Å². The standard InChI is InChI=1S/C12H19N5O2/c1-3-13-12-14-8-10(17(18)19)11(15-12)16-7-5-4-6-9(16)2/h8-9H,3-7H2,1-2H3,(H,13,14,15). The second-order valence-corrected chi connectivity index (χ2v) is 4.73. The van der Waals surface area contributed by atoms with Crippen LogP contribution < -0.4 is 10.2 Å². The molecule has 1 unspecified atom stereocenters. The highest BCUT2D eigenvalue weighted by atomic mass is 16.6. The van der Waals surface area contributed by atoms with Crippen molar-refractivity contribution in [2.75, 3.05) is 23.3 Å². The van der Waals surface area contributed by atoms with Gasteiger partial charge in [-0.25, -0.2) is 4.98 Å². The van der Waals surface area contributed by atoms with Gasteiger partial charge in [0.2, 0.25) is 11.8 Å². The molecule has 1 N–H and O–H groups in total. The number of hydrogen-bond donors (Lipinski definition) is 1. The molecule has 0 aromatic carbocycles. The lowest BCUT2D eigenvalue weighted by Crippen LogP contribution is -2.38. The largest absolute Gasteiger partial charge is 0.354 e. The fourth-order valence-electron chi connectivity index (χ4n) is 2.36. The van der Waals surface area contributed by atoms with Crippen LogP contribution in [0, 0.1) is 10.1 Å². The van der Waals surface area contributed by atoms with Crippen molar-refractivity contribution >= 4 is 17.5 Å². The Morgan fingerprint density at radius 2 is 2.37 bits per heavy atom. The summed E-state index contributed by atoms with van der Waals surface area (Å²) < 4.78 is 0. The van der Waals surface area contributed by atoms with Crippen molar-refractivity contribution in [2.24, 2.45) is 0 Å². The smallest absolute Gasteiger partial charge is 0.329 e. The number of piperidine rings is 1. The van der Waals surface area contributed by atoms with Crippen LogP contribution in [-0.2, 0) is 0 Å². The SMILES string of the molecule is CCNc1ncc([N+](=O)[O-])c(N2CCCCC2C)n1. The molecule has 1 fully saturated rings. The minimum atomic E-state index is -0.410. The highest BCUT2D eigenvalue weighted by molar-refractivity contribution is 5.59. The molecule has 0 radical (unpaired) electrons. The number of nitrogens with zero attached hydrogens (tertiary/aromatic N) is 4. The molecule has 0 amide bonds. The third-order valence-electron chi connectivity index (χ3n) is 3.36. The number of hydrogen-bond acceptors (Lipinski definition) is 6. The molecule has 2 rings (SSSR count). The van der Waals surface area contributed by atoms with Crippen LogP contribution in [0.25, 0.3) is 0 Å². The highest BCUT2D eigenvalue weighted by Crippen LogP contribution is 2.31. The third kappa shape index (κ3) is 2.91. The first-order valence-electron chi connectivity index (χ1n) is 6.65. The first-order valence-corrected chi connectivity index (χ1v) is 6.65. The zero-order valence-corrected chi connectivity index (χ0v) is 11.3. The maximum absolute atomic E-state index is 11.1. The van der Waals surface area contributed by atoms with Gasteiger partial charge in [0.1, 0.15) is 6.20 Å². The molecular weight excluding hydrogens is 246 g/mol. The minimum Gasteiger partial charge on any atom is -0.354 e. The Labute approximate surface area is 112 Å². The summed E-state index contributed by atoms with van der Waals surface area (Å²) in [6.45, 7) is 5.52. The summed E-state index contributed by atoms with van der Waals surface area (Å²) in [6.07, 6.45) is 4.54. The van der Waals surface area contributed by atoms with Gasteiger partial charge < -0.3 is 10.2 Å². The Kier molecular flexibility index (Phi) is 4.13. The normalized spacial score (nSPS) is 19.3. The van der Waals surface area contributed by atoms with Gasteiger partial charge >= 0.3 is 5.69 Å². The van der Waals surface area contributed by atoms with E-state index >= 15 is 0 Å². The number of nitrogens with one attached hydrogen (secondary N) is 1. The average molecular weight is 265 g/mol. The van der Waals surface area contributed by atoms with Gasteiger partial charge in [-0.15, -0.1) is 0 Å². The van der Waals surface area contributed by atoms with Crippen LogP contribution in [0.2, 0.25) is 0 Å². The molecule has 1 saturated heterocycles. The van der Waals surface area contributed by atoms with E-state index in [-0.39, 0.29) is 11.7 Å². The molecule has 1 aliphatic heterocycles. The molecule has 0 spiro atoms. The summed E-state index contributed by atoms with van der Waals surface area (Å²) >= 11 is 0. The molecule has 104 valence electrons. The van der Waals surface area contributed by atoms with Gasteiger partial charge in [-0.1, -0.05) is 0 Å². The summed E-state index contributed by atoms with van der Waals surface area (Å²) in [5.74, 6) is 0.879. The van der Waals surface area contributed by atoms with E-state index < -0.39 is 4.92 Å². The predicted molar refractivity (Wildman–Crippen MR) is 73.5 cm³/mol. The van der Waals surface area contributed by atoms with Gasteiger partial charge in [-0.05, 0) is 33.1 Å². The Balaban J connectivity index is 2.38. The first-order chi connectivity index (χ1) is 9.13. The van der Waals surface area contributed by atoms with E-state index in [9.17, 15) is 10.1 Å². The molecule has 0 bridgehead atoms. The van der Waals surface area contributed by atoms with Crippen molar-refractivity contribution in [3.05, 3.63) is 16.3 Å². The Bertz CT molecular complexity index is 465. The van der Waals surface area contributed by atoms with Gasteiger partial charge in [-0.3, -0.25) is 10.1 Å². The molecule has 0 aliphatic carbocycles. The number of rotatable bonds is 4. The monoisotopic (exact) mass is 265 g/mol. The molecule has 1 aliphatic rings. The van der Waals surface area contributed by atoms with Crippen LogP contribution in [0.15, 0.2) is 6.20 Å². The van der Waals surface area contributed by atoms with Crippen LogP contribution in [0.4, 0.5) is 17.5 Å². The lowest BCUT2D eigenvalue weighted by molar-refractivity contribution is -0.384. The number of anilines is 2. The van der Waals surface area contributed by atoms with Crippen LogP contribution in [0.1, 0.15) is 33.1 Å². The summed E-state index contributed by atoms with van der Waals surface area (Å²) in [5.41, 5.74) is -0.0181. The van der Waals surface area contributed by atoms with Gasteiger partial charge in [0.05, 0.1) is 4.92 Å². The minimum absolute atomic E-state index is 0.0181. The van der Waals surface area contributed by atoms with Crippen LogP contribution in [-0.4, -0.2) is 34.0 Å². The fourth-order valence-corrected chi connectivity index (χ4v) is 2.36. The Hall–Kier alpha value is -1.92. The molecule has 2 heterocycles. The molecule has 1 atom stereocenters. The number of aromatic nitrogens is 2. The van der Waals surface area contributed by atoms with Gasteiger partial charge in [0, 0.05) is 19.1 Å². The highest BCUT2D eigenvalue weighted by Gasteiger charge is 2.27. The van der Waals surface area contributed by atoms with Crippen molar-refractivity contribution in [3.63, 3.8) is 0 Å². The summed E-state index contributed by atoms with van der Waals surface area (Å²) in [7, 11) is 0. The third-order valence-corrected chi connectivity index (χ3v) is 3.36. The van der Waals surface area contributed by atoms with E-state index in [1.807, 2.05) is 11.8 Å². The van der Waals surface area contributed by atoms with Gasteiger partial charge in [-0.2, -0.15) is 4.98 Å². The second kappa shape index (κ2) is 5.81. The van der Waals surface area contributed by atoms with Crippen LogP contribution >= 0.6 is 0 Å². The van der Waals surface area contributed by atoms with Crippen LogP contribution in [0.3, 0.4) is 0 Å². The molecule has 1 aromatic heterocycles. The average Bonchev–Trinajstić information content (AvgIpc) is 2.39. The Morgan fingerprint density at radius 3 is 3.00 bits per heavy atom. The van der Waals surface area contributed by atoms with E-state index in [1.165, 1.54) is 6.20 Å². The van der Waals surface area contributed by atoms with E-state index in [0.717, 1.165) is 25.8 Å². The fraction of sp³-hybridized carbons (Fsp3) is 0.667. The van der Waals surface area contributed by atoms with Crippen molar-refractivity contribution in [1.29, 1.82) is 0 Å². The first kappa shape index (κ1) is 13.5. The molecule has 1 aromatic rings. The van der Waals surface area contributed by atoms with E-state index in [2.05, 4.69) is 22.2 Å². The molecule has 0 saturated carbocycles. The summed E-state index contributed by atoms with van der Waals surface area (Å²) in [4.78, 5) is 21.0. The summed E-state index contributed by atoms with van der Waals surface area (Å²) in [6, 6.07) is 0.275. The number of nitro groups is 1. The van der Waals surface area contributed by atoms with Crippen molar-refractivity contribution in [2.45, 2.75) is 39.2 Å². The molecule has 7 nitrogen and oxygen atoms in total. The van der Waals surface area contributed by atoms with Crippen molar-refractivity contribution in [3.8, 4) is 0 Å².